The van der Waals surface area contributed by atoms with Gasteiger partial charge in [0, 0.05) is 29.8 Å². The van der Waals surface area contributed by atoms with Gasteiger partial charge in [-0.3, -0.25) is 4.79 Å². The van der Waals surface area contributed by atoms with Crippen molar-refractivity contribution >= 4 is 5.91 Å². The van der Waals surface area contributed by atoms with E-state index in [1.165, 1.54) is 0 Å². The Morgan fingerprint density at radius 3 is 2.76 bits per heavy atom. The number of halogens is 1. The predicted octanol–water partition coefficient (Wildman–Crippen LogP) is 2.63. The molecule has 1 aliphatic heterocycles. The number of fused-ring (bicyclic) bond motifs is 1. The minimum atomic E-state index is -0.221. The van der Waals surface area contributed by atoms with Gasteiger partial charge in [-0.1, -0.05) is 0 Å². The number of nitrogens with zero attached hydrogens (tertiary/aromatic N) is 1. The summed E-state index contributed by atoms with van der Waals surface area (Å²) >= 11 is 0. The lowest BCUT2D eigenvalue weighted by Crippen LogP contribution is -2.41. The largest absolute Gasteiger partial charge is 0.489 e. The van der Waals surface area contributed by atoms with E-state index < -0.39 is 0 Å². The molecule has 0 radical (unpaired) electrons. The van der Waals surface area contributed by atoms with Gasteiger partial charge in [0.1, 0.15) is 12.4 Å². The zero-order valence-corrected chi connectivity index (χ0v) is 12.6. The highest BCUT2D eigenvalue weighted by Crippen LogP contribution is 2.31. The van der Waals surface area contributed by atoms with Gasteiger partial charge in [0.15, 0.2) is 0 Å². The van der Waals surface area contributed by atoms with Crippen molar-refractivity contribution in [1.29, 1.82) is 0 Å². The Morgan fingerprint density at radius 2 is 2.19 bits per heavy atom. The number of nitrogens with two attached hydrogens (primary N) is 1. The van der Waals surface area contributed by atoms with Gasteiger partial charge in [0.05, 0.1) is 6.33 Å². The summed E-state index contributed by atoms with van der Waals surface area (Å²) in [5, 5.41) is 0. The van der Waals surface area contributed by atoms with Crippen LogP contribution in [-0.4, -0.2) is 29.5 Å². The Labute approximate surface area is 124 Å². The molecule has 0 atom stereocenters. The van der Waals surface area contributed by atoms with Crippen molar-refractivity contribution in [2.45, 2.75) is 32.9 Å². The summed E-state index contributed by atoms with van der Waals surface area (Å²) in [6.07, 6.45) is 0.470. The Morgan fingerprint density at radius 1 is 1.48 bits per heavy atom. The van der Waals surface area contributed by atoms with Crippen molar-refractivity contribution in [2.24, 2.45) is 5.73 Å². The average Bonchev–Trinajstić information content (AvgIpc) is 2.77. The fraction of sp³-hybridized carbons (Fsp3) is 0.438. The zero-order chi connectivity index (χ0) is 15.6. The number of amides is 1. The second-order valence-corrected chi connectivity index (χ2v) is 6.14. The fourth-order valence-corrected chi connectivity index (χ4v) is 2.24. The fourth-order valence-electron chi connectivity index (χ4n) is 2.24. The molecule has 1 aliphatic rings. The third kappa shape index (κ3) is 3.24. The van der Waals surface area contributed by atoms with Crippen LogP contribution in [0.25, 0.3) is 0 Å². The van der Waals surface area contributed by atoms with Gasteiger partial charge < -0.3 is 15.4 Å². The van der Waals surface area contributed by atoms with Gasteiger partial charge in [-0.25, -0.2) is 4.39 Å². The summed E-state index contributed by atoms with van der Waals surface area (Å²) in [5.41, 5.74) is 7.19. The number of carbonyl (C=O) groups is 1. The molecule has 1 aromatic carbocycles. The topological polar surface area (TPSA) is 55.6 Å². The van der Waals surface area contributed by atoms with Crippen LogP contribution in [0, 0.1) is 0 Å². The van der Waals surface area contributed by atoms with Crippen molar-refractivity contribution in [2.75, 3.05) is 13.2 Å². The van der Waals surface area contributed by atoms with Crippen LogP contribution in [0.2, 0.25) is 0 Å². The van der Waals surface area contributed by atoms with Crippen LogP contribution in [0.1, 0.15) is 36.7 Å². The van der Waals surface area contributed by atoms with Crippen LogP contribution in [0.3, 0.4) is 0 Å². The summed E-state index contributed by atoms with van der Waals surface area (Å²) in [6, 6.07) is 5.33. The van der Waals surface area contributed by atoms with Crippen molar-refractivity contribution in [3.05, 3.63) is 41.2 Å². The number of hydrogen-bond donors (Lipinski definition) is 1. The third-order valence-corrected chi connectivity index (χ3v) is 3.53. The molecule has 0 fully saturated rings. The molecule has 0 unspecified atom stereocenters. The van der Waals surface area contributed by atoms with E-state index in [2.05, 4.69) is 0 Å². The van der Waals surface area contributed by atoms with E-state index in [-0.39, 0.29) is 24.6 Å². The highest BCUT2D eigenvalue weighted by Gasteiger charge is 2.34. The van der Waals surface area contributed by atoms with E-state index in [9.17, 15) is 9.18 Å². The van der Waals surface area contributed by atoms with Crippen molar-refractivity contribution in [3.63, 3.8) is 0 Å². The van der Waals surface area contributed by atoms with Gasteiger partial charge in [-0.2, -0.15) is 0 Å². The van der Waals surface area contributed by atoms with Gasteiger partial charge in [-0.05, 0) is 44.5 Å². The number of carbonyl (C=O) groups excluding carboxylic acids is 1. The Balaban J connectivity index is 2.14. The van der Waals surface area contributed by atoms with E-state index in [0.717, 1.165) is 5.56 Å². The molecule has 0 saturated carbocycles. The summed E-state index contributed by atoms with van der Waals surface area (Å²) in [5.74, 6) is 0.653. The molecule has 1 amide bonds. The summed E-state index contributed by atoms with van der Waals surface area (Å²) in [4.78, 5) is 14.2. The number of hydrogen-bond acceptors (Lipinski definition) is 3. The highest BCUT2D eigenvalue weighted by atomic mass is 19.1. The average molecular weight is 292 g/mol. The Hall–Kier alpha value is -1.88. The molecule has 1 heterocycles. The molecule has 0 spiro atoms. The molecule has 0 bridgehead atoms. The van der Waals surface area contributed by atoms with Gasteiger partial charge in [0.2, 0.25) is 0 Å². The summed E-state index contributed by atoms with van der Waals surface area (Å²) in [6.45, 7) is 6.83. The lowest BCUT2D eigenvalue weighted by Gasteiger charge is -2.31. The maximum absolute atomic E-state index is 12.4. The van der Waals surface area contributed by atoms with Crippen molar-refractivity contribution in [3.8, 4) is 5.75 Å². The van der Waals surface area contributed by atoms with Crippen LogP contribution in [0.15, 0.2) is 30.1 Å². The molecule has 5 heteroatoms. The molecule has 114 valence electrons. The van der Waals surface area contributed by atoms with E-state index in [1.807, 2.05) is 31.7 Å². The van der Waals surface area contributed by atoms with E-state index in [1.54, 1.807) is 12.1 Å². The highest BCUT2D eigenvalue weighted by molar-refractivity contribution is 5.99. The maximum Gasteiger partial charge on any atom is 0.254 e. The molecule has 0 saturated heterocycles. The van der Waals surface area contributed by atoms with Gasteiger partial charge in [0.25, 0.3) is 5.91 Å². The van der Waals surface area contributed by atoms with Crippen LogP contribution < -0.4 is 10.5 Å². The van der Waals surface area contributed by atoms with Crippen LogP contribution in [-0.2, 0) is 6.54 Å². The van der Waals surface area contributed by atoms with Crippen LogP contribution in [0.5, 0.6) is 5.75 Å². The normalized spacial score (nSPS) is 15.4. The molecule has 2 rings (SSSR count). The first kappa shape index (κ1) is 15.5. The standard InChI is InChI=1S/C16H21FN2O2/c1-16(2,3)19-9-12-6-13(4-5-14(12)15(19)20)21-10-11(7-17)8-18/h4-7H,8-10,18H2,1-3H3/b11-7+. The third-order valence-electron chi connectivity index (χ3n) is 3.53. The molecule has 4 nitrogen and oxygen atoms in total. The summed E-state index contributed by atoms with van der Waals surface area (Å²) in [7, 11) is 0. The first-order chi connectivity index (χ1) is 9.86. The SMILES string of the molecule is CC(C)(C)N1Cc2cc(OC/C(=C/F)CN)ccc2C1=O. The van der Waals surface area contributed by atoms with E-state index in [4.69, 9.17) is 10.5 Å². The minimum absolute atomic E-state index is 0.0374. The van der Waals surface area contributed by atoms with Crippen molar-refractivity contribution < 1.29 is 13.9 Å². The summed E-state index contributed by atoms with van der Waals surface area (Å²) < 4.78 is 18.0. The molecular formula is C16H21FN2O2. The molecule has 1 aromatic rings. The van der Waals surface area contributed by atoms with Gasteiger partial charge >= 0.3 is 0 Å². The number of rotatable bonds is 4. The number of ether oxygens (including phenoxy) is 1. The first-order valence-corrected chi connectivity index (χ1v) is 6.92. The van der Waals surface area contributed by atoms with Crippen molar-refractivity contribution in [1.82, 2.24) is 4.90 Å². The van der Waals surface area contributed by atoms with E-state index in [0.29, 0.717) is 29.8 Å². The Kier molecular flexibility index (Phi) is 4.32. The van der Waals surface area contributed by atoms with Crippen LogP contribution in [0.4, 0.5) is 4.39 Å². The quantitative estimate of drug-likeness (QED) is 0.928. The monoisotopic (exact) mass is 292 g/mol. The number of benzene rings is 1. The smallest absolute Gasteiger partial charge is 0.254 e. The lowest BCUT2D eigenvalue weighted by atomic mass is 10.1. The minimum Gasteiger partial charge on any atom is -0.489 e. The van der Waals surface area contributed by atoms with Gasteiger partial charge in [-0.15, -0.1) is 0 Å². The molecule has 0 aliphatic carbocycles. The molecule has 0 aromatic heterocycles. The predicted molar refractivity (Wildman–Crippen MR) is 79.8 cm³/mol. The van der Waals surface area contributed by atoms with Crippen LogP contribution >= 0.6 is 0 Å². The van der Waals surface area contributed by atoms with E-state index >= 15 is 0 Å². The molecule has 2 N–H and O–H groups in total. The second kappa shape index (κ2) is 5.85. The zero-order valence-electron chi connectivity index (χ0n) is 12.6. The second-order valence-electron chi connectivity index (χ2n) is 6.14. The maximum atomic E-state index is 12.4. The first-order valence-electron chi connectivity index (χ1n) is 6.92. The lowest BCUT2D eigenvalue weighted by molar-refractivity contribution is 0.0609. The Bertz CT molecular complexity index is 576. The molecular weight excluding hydrogens is 271 g/mol. The molecule has 21 heavy (non-hydrogen) atoms.